The lowest BCUT2D eigenvalue weighted by Gasteiger charge is -2.35. The quantitative estimate of drug-likeness (QED) is 0.125. The summed E-state index contributed by atoms with van der Waals surface area (Å²) < 4.78 is 13.2. The van der Waals surface area contributed by atoms with Crippen molar-refractivity contribution in [2.24, 2.45) is 0 Å². The van der Waals surface area contributed by atoms with Gasteiger partial charge >= 0.3 is 0 Å². The summed E-state index contributed by atoms with van der Waals surface area (Å²) in [6, 6.07) is 71.2. The molecular weight excluding hydrogens is 921 g/mol. The van der Waals surface area contributed by atoms with Crippen molar-refractivity contribution in [1.29, 1.82) is 0 Å². The lowest BCUT2D eigenvalue weighted by molar-refractivity contribution is 0.250. The summed E-state index contributed by atoms with van der Waals surface area (Å²) in [7, 11) is 0. The number of fused-ring (bicyclic) bond motifs is 5. The predicted molar refractivity (Wildman–Crippen MR) is 301 cm³/mol. The fourth-order valence-electron chi connectivity index (χ4n) is 10.4. The standard InChI is InChI=1S/C61H48N2O2S4/c1-68-59(66)64-53-35-23-41-37-51(29-21-43(41)39-53)62(47-13-5-3-6-14-47)49-31-25-45(26-32-49)61(57-19-11-9-17-55(57)56-18-10-12-20-58(56)61)46-27-33-50(34-28-46)63(48-15-7-4-8-16-48)52-30-22-44-40-54(65-60(67)69-2)36-24-42(44)38-52/h3-38,53-54H,39-40H2,1-2H3. The average Bonchev–Trinajstić information content (AvgIpc) is 3.70. The Morgan fingerprint density at radius 1 is 0.449 bits per heavy atom. The van der Waals surface area contributed by atoms with Crippen LogP contribution in [0.1, 0.15) is 44.5 Å². The van der Waals surface area contributed by atoms with Gasteiger partial charge in [-0.05, 0) is 178 Å². The minimum absolute atomic E-state index is 0.0647. The molecule has 0 spiro atoms. The van der Waals surface area contributed by atoms with Gasteiger partial charge in [0.25, 0.3) is 0 Å². The lowest BCUT2D eigenvalue weighted by atomic mass is 9.67. The molecule has 11 rings (SSSR count). The van der Waals surface area contributed by atoms with Gasteiger partial charge in [0.2, 0.25) is 8.77 Å². The Morgan fingerprint density at radius 2 is 0.812 bits per heavy atom. The van der Waals surface area contributed by atoms with E-state index in [9.17, 15) is 0 Å². The van der Waals surface area contributed by atoms with E-state index >= 15 is 0 Å². The molecule has 2 unspecified atom stereocenters. The van der Waals surface area contributed by atoms with Gasteiger partial charge in [-0.1, -0.05) is 157 Å². The zero-order chi connectivity index (χ0) is 46.9. The van der Waals surface area contributed by atoms with Crippen LogP contribution in [0.3, 0.4) is 0 Å². The molecule has 0 saturated carbocycles. The van der Waals surface area contributed by atoms with Gasteiger partial charge in [-0.3, -0.25) is 0 Å². The molecule has 8 aromatic carbocycles. The molecule has 0 saturated heterocycles. The van der Waals surface area contributed by atoms with Crippen LogP contribution in [0.4, 0.5) is 34.1 Å². The predicted octanol–water partition coefficient (Wildman–Crippen LogP) is 16.2. The third-order valence-corrected chi connectivity index (χ3v) is 15.6. The number of benzene rings is 8. The third-order valence-electron chi connectivity index (χ3n) is 13.5. The van der Waals surface area contributed by atoms with Crippen molar-refractivity contribution in [3.8, 4) is 11.1 Å². The molecule has 8 heteroatoms. The molecule has 4 nitrogen and oxygen atoms in total. The van der Waals surface area contributed by atoms with Crippen molar-refractivity contribution in [1.82, 2.24) is 0 Å². The molecule has 0 bridgehead atoms. The number of thiocarbonyl (C=S) groups is 2. The summed E-state index contributed by atoms with van der Waals surface area (Å²) in [5, 5.41) is 0. The second-order valence-electron chi connectivity index (χ2n) is 17.4. The second-order valence-corrected chi connectivity index (χ2v) is 20.2. The van der Waals surface area contributed by atoms with Crippen LogP contribution in [-0.2, 0) is 27.7 Å². The Labute approximate surface area is 424 Å². The van der Waals surface area contributed by atoms with Crippen LogP contribution < -0.4 is 9.80 Å². The highest BCUT2D eigenvalue weighted by atomic mass is 32.2. The van der Waals surface area contributed by atoms with Crippen molar-refractivity contribution >= 4 is 103 Å². The van der Waals surface area contributed by atoms with Gasteiger partial charge in [-0.2, -0.15) is 0 Å². The number of thioether (sulfide) groups is 2. The fourth-order valence-corrected chi connectivity index (χ4v) is 11.1. The Hall–Kier alpha value is -6.68. The topological polar surface area (TPSA) is 24.9 Å². The Balaban J connectivity index is 0.994. The summed E-state index contributed by atoms with van der Waals surface area (Å²) in [5.74, 6) is 0. The maximum absolute atomic E-state index is 6.02. The highest BCUT2D eigenvalue weighted by molar-refractivity contribution is 8.22. The van der Waals surface area contributed by atoms with Crippen LogP contribution >= 0.6 is 48.0 Å². The fraction of sp³-hybridized carbons (Fsp3) is 0.115. The van der Waals surface area contributed by atoms with Crippen LogP contribution in [0.5, 0.6) is 0 Å². The Morgan fingerprint density at radius 3 is 1.22 bits per heavy atom. The van der Waals surface area contributed by atoms with Gasteiger partial charge in [0.05, 0.1) is 5.41 Å². The van der Waals surface area contributed by atoms with Crippen LogP contribution in [0, 0.1) is 0 Å². The molecule has 0 aromatic heterocycles. The minimum Gasteiger partial charge on any atom is -0.471 e. The van der Waals surface area contributed by atoms with Crippen molar-refractivity contribution in [2.75, 3.05) is 22.3 Å². The van der Waals surface area contributed by atoms with E-state index in [2.05, 4.69) is 228 Å². The summed E-state index contributed by atoms with van der Waals surface area (Å²) >= 11 is 13.7. The minimum atomic E-state index is -0.582. The molecule has 8 aromatic rings. The molecule has 0 radical (unpaired) electrons. The van der Waals surface area contributed by atoms with Crippen LogP contribution in [0.15, 0.2) is 206 Å². The first kappa shape index (κ1) is 44.8. The van der Waals surface area contributed by atoms with E-state index in [0.717, 1.165) is 47.0 Å². The summed E-state index contributed by atoms with van der Waals surface area (Å²) in [5.41, 5.74) is 18.3. The first-order chi connectivity index (χ1) is 33.9. The van der Waals surface area contributed by atoms with Gasteiger partial charge in [0, 0.05) is 47.0 Å². The largest absolute Gasteiger partial charge is 0.471 e. The second kappa shape index (κ2) is 19.4. The Bertz CT molecular complexity index is 3040. The van der Waals surface area contributed by atoms with Gasteiger partial charge in [0.1, 0.15) is 12.2 Å². The highest BCUT2D eigenvalue weighted by Crippen LogP contribution is 2.56. The molecule has 0 aliphatic heterocycles. The van der Waals surface area contributed by atoms with Crippen molar-refractivity contribution in [2.45, 2.75) is 30.5 Å². The van der Waals surface area contributed by atoms with Gasteiger partial charge < -0.3 is 19.3 Å². The average molecular weight is 969 g/mol. The summed E-state index contributed by atoms with van der Waals surface area (Å²) in [6.45, 7) is 0. The van der Waals surface area contributed by atoms with E-state index in [-0.39, 0.29) is 12.2 Å². The van der Waals surface area contributed by atoms with Crippen LogP contribution in [-0.4, -0.2) is 33.5 Å². The van der Waals surface area contributed by atoms with Gasteiger partial charge in [-0.15, -0.1) is 0 Å². The zero-order valence-corrected chi connectivity index (χ0v) is 41.5. The van der Waals surface area contributed by atoms with E-state index in [1.165, 1.54) is 79.2 Å². The number of hydrogen-bond donors (Lipinski definition) is 0. The maximum atomic E-state index is 6.02. The number of ether oxygens (including phenoxy) is 2. The van der Waals surface area contributed by atoms with E-state index in [1.807, 2.05) is 12.5 Å². The number of anilines is 6. The molecule has 338 valence electrons. The summed E-state index contributed by atoms with van der Waals surface area (Å²) in [6.07, 6.45) is 13.9. The SMILES string of the molecule is CSC(=S)OC1C=Cc2cc(N(c3ccccc3)c3ccc(C4(c5ccc(N(c6ccccc6)c6ccc7c(c6)C=CC(OC(=S)SC)C7)cc5)c5ccccc5-c5ccccc54)cc3)ccc2C1. The first-order valence-electron chi connectivity index (χ1n) is 23.1. The maximum Gasteiger partial charge on any atom is 0.220 e. The molecule has 2 atom stereocenters. The smallest absolute Gasteiger partial charge is 0.220 e. The molecule has 0 heterocycles. The van der Waals surface area contributed by atoms with E-state index < -0.39 is 5.41 Å². The van der Waals surface area contributed by atoms with Crippen molar-refractivity contribution in [3.05, 3.63) is 251 Å². The number of hydrogen-bond acceptors (Lipinski definition) is 8. The number of para-hydroxylation sites is 2. The molecule has 69 heavy (non-hydrogen) atoms. The van der Waals surface area contributed by atoms with E-state index in [1.54, 1.807) is 0 Å². The molecule has 0 N–H and O–H groups in total. The third kappa shape index (κ3) is 8.50. The number of nitrogens with zero attached hydrogens (tertiary/aromatic N) is 2. The first-order valence-corrected chi connectivity index (χ1v) is 26.4. The highest BCUT2D eigenvalue weighted by Gasteiger charge is 2.46. The molecule has 3 aliphatic rings. The monoisotopic (exact) mass is 968 g/mol. The van der Waals surface area contributed by atoms with Gasteiger partial charge in [0.15, 0.2) is 0 Å². The van der Waals surface area contributed by atoms with E-state index in [4.69, 9.17) is 33.9 Å². The van der Waals surface area contributed by atoms with Gasteiger partial charge in [-0.25, -0.2) is 0 Å². The van der Waals surface area contributed by atoms with Crippen molar-refractivity contribution < 1.29 is 9.47 Å². The number of rotatable bonds is 10. The van der Waals surface area contributed by atoms with Crippen LogP contribution in [0.25, 0.3) is 23.3 Å². The normalized spacial score (nSPS) is 15.8. The molecule has 3 aliphatic carbocycles. The molecular formula is C61H48N2O2S4. The lowest BCUT2D eigenvalue weighted by Crippen LogP contribution is -2.28. The molecule has 0 fully saturated rings. The Kier molecular flexibility index (Phi) is 12.6. The van der Waals surface area contributed by atoms with Crippen molar-refractivity contribution in [3.63, 3.8) is 0 Å². The van der Waals surface area contributed by atoms with Crippen LogP contribution in [0.2, 0.25) is 0 Å². The summed E-state index contributed by atoms with van der Waals surface area (Å²) in [4.78, 5) is 4.70. The van der Waals surface area contributed by atoms with E-state index in [0.29, 0.717) is 8.77 Å². The zero-order valence-electron chi connectivity index (χ0n) is 38.2. The molecule has 0 amide bonds.